The van der Waals surface area contributed by atoms with Crippen molar-refractivity contribution in [2.75, 3.05) is 5.73 Å². The summed E-state index contributed by atoms with van der Waals surface area (Å²) in [5.41, 5.74) is 5.22. The lowest BCUT2D eigenvalue weighted by Gasteiger charge is -2.13. The van der Waals surface area contributed by atoms with Crippen LogP contribution in [0.2, 0.25) is 0 Å². The highest BCUT2D eigenvalue weighted by molar-refractivity contribution is 9.10. The van der Waals surface area contributed by atoms with Gasteiger partial charge in [0.05, 0.1) is 11.4 Å². The van der Waals surface area contributed by atoms with E-state index >= 15 is 0 Å². The molecular formula is C8H6BrClF3N. The van der Waals surface area contributed by atoms with Gasteiger partial charge >= 0.3 is 6.18 Å². The molecule has 0 saturated carbocycles. The topological polar surface area (TPSA) is 26.0 Å². The molecule has 2 N–H and O–H groups in total. The van der Waals surface area contributed by atoms with Crippen molar-refractivity contribution < 1.29 is 13.2 Å². The average Bonchev–Trinajstić information content (AvgIpc) is 2.02. The summed E-state index contributed by atoms with van der Waals surface area (Å²) >= 11 is 8.33. The molecule has 0 amide bonds. The smallest absolute Gasteiger partial charge is 0.398 e. The van der Waals surface area contributed by atoms with Gasteiger partial charge < -0.3 is 5.73 Å². The van der Waals surface area contributed by atoms with Crippen LogP contribution in [0.15, 0.2) is 16.6 Å². The highest BCUT2D eigenvalue weighted by atomic mass is 79.9. The summed E-state index contributed by atoms with van der Waals surface area (Å²) in [7, 11) is 0. The number of anilines is 1. The fourth-order valence-corrected chi connectivity index (χ4v) is 2.17. The number of nitrogen functional groups attached to an aromatic ring is 1. The van der Waals surface area contributed by atoms with Gasteiger partial charge in [-0.1, -0.05) is 0 Å². The molecule has 78 valence electrons. The molecule has 0 fully saturated rings. The molecular weight excluding hydrogens is 282 g/mol. The van der Waals surface area contributed by atoms with Crippen molar-refractivity contribution in [2.45, 2.75) is 12.1 Å². The second-order valence-corrected chi connectivity index (χ2v) is 3.69. The Kier molecular flexibility index (Phi) is 3.32. The Morgan fingerprint density at radius 3 is 2.36 bits per heavy atom. The third kappa shape index (κ3) is 2.15. The standard InChI is InChI=1S/C8H6BrClF3N/c9-7-4(3-10)6(14)2-1-5(7)8(11,12)13/h1-2H,3,14H2. The second-order valence-electron chi connectivity index (χ2n) is 2.63. The van der Waals surface area contributed by atoms with E-state index < -0.39 is 11.7 Å². The average molecular weight is 288 g/mol. The van der Waals surface area contributed by atoms with E-state index in [0.29, 0.717) is 0 Å². The molecule has 0 aromatic heterocycles. The zero-order valence-electron chi connectivity index (χ0n) is 6.83. The molecule has 14 heavy (non-hydrogen) atoms. The Labute approximate surface area is 92.2 Å². The molecule has 0 aliphatic carbocycles. The lowest BCUT2D eigenvalue weighted by Crippen LogP contribution is -2.08. The molecule has 6 heteroatoms. The van der Waals surface area contributed by atoms with Crippen LogP contribution in [0.4, 0.5) is 18.9 Å². The van der Waals surface area contributed by atoms with Crippen molar-refractivity contribution in [3.05, 3.63) is 27.7 Å². The van der Waals surface area contributed by atoms with Gasteiger partial charge in [0.2, 0.25) is 0 Å². The fourth-order valence-electron chi connectivity index (χ4n) is 0.991. The zero-order valence-corrected chi connectivity index (χ0v) is 9.17. The van der Waals surface area contributed by atoms with Crippen LogP contribution in [0.1, 0.15) is 11.1 Å². The van der Waals surface area contributed by atoms with E-state index in [9.17, 15) is 13.2 Å². The van der Waals surface area contributed by atoms with Gasteiger partial charge in [-0.25, -0.2) is 0 Å². The largest absolute Gasteiger partial charge is 0.417 e. The molecule has 1 rings (SSSR count). The fraction of sp³-hybridized carbons (Fsp3) is 0.250. The Hall–Kier alpha value is -0.420. The van der Waals surface area contributed by atoms with Crippen molar-refractivity contribution in [3.8, 4) is 0 Å². The molecule has 0 heterocycles. The molecule has 0 unspecified atom stereocenters. The van der Waals surface area contributed by atoms with Crippen molar-refractivity contribution in [1.29, 1.82) is 0 Å². The minimum atomic E-state index is -4.40. The van der Waals surface area contributed by atoms with Crippen LogP contribution in [0.3, 0.4) is 0 Å². The van der Waals surface area contributed by atoms with Crippen molar-refractivity contribution in [3.63, 3.8) is 0 Å². The Morgan fingerprint density at radius 1 is 1.36 bits per heavy atom. The maximum absolute atomic E-state index is 12.4. The van der Waals surface area contributed by atoms with Crippen LogP contribution in [-0.2, 0) is 12.1 Å². The summed E-state index contributed by atoms with van der Waals surface area (Å²) in [5, 5.41) is 0. The Bertz CT molecular complexity index is 351. The molecule has 0 atom stereocenters. The summed E-state index contributed by atoms with van der Waals surface area (Å²) in [6.07, 6.45) is -4.40. The Balaban J connectivity index is 3.36. The summed E-state index contributed by atoms with van der Waals surface area (Å²) in [4.78, 5) is 0. The number of benzene rings is 1. The van der Waals surface area contributed by atoms with Crippen molar-refractivity contribution in [2.24, 2.45) is 0 Å². The van der Waals surface area contributed by atoms with Gasteiger partial charge in [-0.05, 0) is 28.1 Å². The van der Waals surface area contributed by atoms with E-state index in [4.69, 9.17) is 17.3 Å². The van der Waals surface area contributed by atoms with Gasteiger partial charge in [-0.2, -0.15) is 13.2 Å². The third-order valence-electron chi connectivity index (χ3n) is 1.72. The molecule has 0 aliphatic heterocycles. The summed E-state index contributed by atoms with van der Waals surface area (Å²) in [6.45, 7) is 0. The van der Waals surface area contributed by atoms with E-state index in [-0.39, 0.29) is 21.6 Å². The highest BCUT2D eigenvalue weighted by Gasteiger charge is 2.33. The zero-order chi connectivity index (χ0) is 10.9. The first-order chi connectivity index (χ1) is 6.38. The van der Waals surface area contributed by atoms with E-state index in [1.807, 2.05) is 0 Å². The molecule has 1 aromatic carbocycles. The number of hydrogen-bond acceptors (Lipinski definition) is 1. The lowest BCUT2D eigenvalue weighted by atomic mass is 10.1. The maximum Gasteiger partial charge on any atom is 0.417 e. The summed E-state index contributed by atoms with van der Waals surface area (Å²) in [6, 6.07) is 2.13. The summed E-state index contributed by atoms with van der Waals surface area (Å²) in [5.74, 6) is -0.0592. The van der Waals surface area contributed by atoms with Crippen LogP contribution in [0.25, 0.3) is 0 Å². The van der Waals surface area contributed by atoms with Crippen LogP contribution >= 0.6 is 27.5 Å². The SMILES string of the molecule is Nc1ccc(C(F)(F)F)c(Br)c1CCl. The van der Waals surface area contributed by atoms with Crippen molar-refractivity contribution in [1.82, 2.24) is 0 Å². The van der Waals surface area contributed by atoms with Gasteiger partial charge in [0, 0.05) is 15.7 Å². The first kappa shape index (κ1) is 11.7. The minimum absolute atomic E-state index is 0.0592. The molecule has 0 spiro atoms. The number of halogens is 5. The van der Waals surface area contributed by atoms with Crippen LogP contribution in [0, 0.1) is 0 Å². The van der Waals surface area contributed by atoms with E-state index in [1.54, 1.807) is 0 Å². The number of rotatable bonds is 1. The number of hydrogen-bond donors (Lipinski definition) is 1. The predicted octanol–water partition coefficient (Wildman–Crippen LogP) is 3.79. The van der Waals surface area contributed by atoms with E-state index in [1.165, 1.54) is 6.07 Å². The van der Waals surface area contributed by atoms with Crippen LogP contribution in [-0.4, -0.2) is 0 Å². The van der Waals surface area contributed by atoms with Gasteiger partial charge in [-0.3, -0.25) is 0 Å². The molecule has 0 aliphatic rings. The maximum atomic E-state index is 12.4. The van der Waals surface area contributed by atoms with Gasteiger partial charge in [0.25, 0.3) is 0 Å². The van der Waals surface area contributed by atoms with E-state index in [2.05, 4.69) is 15.9 Å². The second kappa shape index (κ2) is 3.98. The molecule has 0 radical (unpaired) electrons. The highest BCUT2D eigenvalue weighted by Crippen LogP contribution is 2.38. The molecule has 1 aromatic rings. The lowest BCUT2D eigenvalue weighted by molar-refractivity contribution is -0.138. The van der Waals surface area contributed by atoms with Gasteiger partial charge in [0.15, 0.2) is 0 Å². The normalized spacial score (nSPS) is 11.8. The number of nitrogens with two attached hydrogens (primary N) is 1. The van der Waals surface area contributed by atoms with Crippen molar-refractivity contribution >= 4 is 33.2 Å². The van der Waals surface area contributed by atoms with Crippen LogP contribution in [0.5, 0.6) is 0 Å². The quantitative estimate of drug-likeness (QED) is 0.617. The van der Waals surface area contributed by atoms with Gasteiger partial charge in [0.1, 0.15) is 0 Å². The predicted molar refractivity (Wildman–Crippen MR) is 53.1 cm³/mol. The first-order valence-electron chi connectivity index (χ1n) is 3.58. The number of alkyl halides is 4. The Morgan fingerprint density at radius 2 is 1.93 bits per heavy atom. The molecule has 1 nitrogen and oxygen atoms in total. The monoisotopic (exact) mass is 287 g/mol. The van der Waals surface area contributed by atoms with E-state index in [0.717, 1.165) is 6.07 Å². The minimum Gasteiger partial charge on any atom is -0.398 e. The molecule has 0 saturated heterocycles. The first-order valence-corrected chi connectivity index (χ1v) is 4.90. The third-order valence-corrected chi connectivity index (χ3v) is 2.89. The van der Waals surface area contributed by atoms with Gasteiger partial charge in [-0.15, -0.1) is 11.6 Å². The summed E-state index contributed by atoms with van der Waals surface area (Å²) < 4.78 is 37.1. The molecule has 0 bridgehead atoms. The van der Waals surface area contributed by atoms with Crippen LogP contribution < -0.4 is 5.73 Å².